The van der Waals surface area contributed by atoms with Crippen LogP contribution in [0, 0.1) is 12.8 Å². The lowest BCUT2D eigenvalue weighted by Gasteiger charge is -2.19. The number of rotatable bonds is 10. The SMILES string of the molecule is CC(=O)Nc1nc(C)c(C(=O)N[C@@H](C)c2ccc(OC3CCN(c4ccc(OCC5CC5(F)F)cn4)C3)cc2)s1. The Bertz CT molecular complexity index is 1370. The first kappa shape index (κ1) is 27.8. The maximum absolute atomic E-state index is 13.0. The highest BCUT2D eigenvalue weighted by molar-refractivity contribution is 7.17. The fraction of sp³-hybridized carbons (Fsp3) is 0.429. The minimum absolute atomic E-state index is 0.00412. The van der Waals surface area contributed by atoms with Gasteiger partial charge in [-0.25, -0.2) is 18.7 Å². The van der Waals surface area contributed by atoms with Gasteiger partial charge in [-0.2, -0.15) is 0 Å². The lowest BCUT2D eigenvalue weighted by molar-refractivity contribution is -0.114. The minimum atomic E-state index is -2.59. The van der Waals surface area contributed by atoms with Gasteiger partial charge in [-0.05, 0) is 43.7 Å². The van der Waals surface area contributed by atoms with E-state index in [1.54, 1.807) is 19.2 Å². The Kier molecular flexibility index (Phi) is 7.88. The van der Waals surface area contributed by atoms with Crippen molar-refractivity contribution in [2.24, 2.45) is 5.92 Å². The first-order chi connectivity index (χ1) is 19.1. The molecule has 5 rings (SSSR count). The molecule has 0 bridgehead atoms. The molecule has 2 fully saturated rings. The van der Waals surface area contributed by atoms with Gasteiger partial charge in [-0.15, -0.1) is 0 Å². The Morgan fingerprint density at radius 3 is 2.58 bits per heavy atom. The van der Waals surface area contributed by atoms with Crippen molar-refractivity contribution in [2.75, 3.05) is 29.9 Å². The molecule has 1 aromatic carbocycles. The van der Waals surface area contributed by atoms with Crippen LogP contribution in [0.25, 0.3) is 0 Å². The molecule has 2 amide bonds. The number of hydrogen-bond acceptors (Lipinski definition) is 8. The van der Waals surface area contributed by atoms with Crippen molar-refractivity contribution in [3.8, 4) is 11.5 Å². The van der Waals surface area contributed by atoms with Gasteiger partial charge in [-0.1, -0.05) is 23.5 Å². The average Bonchev–Trinajstić information content (AvgIpc) is 3.21. The molecule has 2 aromatic heterocycles. The van der Waals surface area contributed by atoms with Gasteiger partial charge in [0.05, 0.1) is 37.0 Å². The van der Waals surface area contributed by atoms with Crippen molar-refractivity contribution in [2.45, 2.75) is 51.7 Å². The van der Waals surface area contributed by atoms with Crippen LogP contribution in [0.1, 0.15) is 53.7 Å². The van der Waals surface area contributed by atoms with E-state index in [1.807, 2.05) is 37.3 Å². The summed E-state index contributed by atoms with van der Waals surface area (Å²) in [5.41, 5.74) is 1.49. The fourth-order valence-corrected chi connectivity index (χ4v) is 5.42. The molecule has 0 radical (unpaired) electrons. The number of carbonyl (C=O) groups excluding carboxylic acids is 2. The summed E-state index contributed by atoms with van der Waals surface area (Å²) in [6.45, 7) is 6.49. The van der Waals surface area contributed by atoms with Crippen LogP contribution in [0.5, 0.6) is 11.5 Å². The van der Waals surface area contributed by atoms with Crippen LogP contribution in [0.2, 0.25) is 0 Å². The number of carbonyl (C=O) groups is 2. The van der Waals surface area contributed by atoms with Crippen LogP contribution in [0.15, 0.2) is 42.6 Å². The molecule has 9 nitrogen and oxygen atoms in total. The Morgan fingerprint density at radius 1 is 1.20 bits per heavy atom. The van der Waals surface area contributed by atoms with E-state index < -0.39 is 11.8 Å². The number of aromatic nitrogens is 2. The molecular weight excluding hydrogens is 540 g/mol. The summed E-state index contributed by atoms with van der Waals surface area (Å²) in [6, 6.07) is 11.0. The number of thiazole rings is 1. The number of pyridine rings is 1. The zero-order chi connectivity index (χ0) is 28.4. The molecule has 1 aliphatic heterocycles. The van der Waals surface area contributed by atoms with Gasteiger partial charge in [0.25, 0.3) is 11.8 Å². The van der Waals surface area contributed by atoms with Crippen molar-refractivity contribution in [3.05, 3.63) is 58.7 Å². The molecule has 212 valence electrons. The molecule has 40 heavy (non-hydrogen) atoms. The van der Waals surface area contributed by atoms with Crippen LogP contribution >= 0.6 is 11.3 Å². The van der Waals surface area contributed by atoms with Gasteiger partial charge in [0, 0.05) is 26.3 Å². The molecule has 1 saturated carbocycles. The topological polar surface area (TPSA) is 106 Å². The second-order valence-electron chi connectivity index (χ2n) is 10.2. The van der Waals surface area contributed by atoms with Crippen LogP contribution in [0.3, 0.4) is 0 Å². The number of nitrogens with zero attached hydrogens (tertiary/aromatic N) is 3. The first-order valence-corrected chi connectivity index (χ1v) is 13.9. The van der Waals surface area contributed by atoms with Crippen LogP contribution < -0.4 is 25.0 Å². The summed E-state index contributed by atoms with van der Waals surface area (Å²) in [5.74, 6) is -1.76. The van der Waals surface area contributed by atoms with Crippen LogP contribution in [-0.2, 0) is 4.79 Å². The third kappa shape index (κ3) is 6.67. The van der Waals surface area contributed by atoms with Gasteiger partial charge < -0.3 is 25.0 Å². The zero-order valence-electron chi connectivity index (χ0n) is 22.4. The molecule has 1 aliphatic carbocycles. The predicted octanol–water partition coefficient (Wildman–Crippen LogP) is 4.99. The number of alkyl halides is 2. The number of aryl methyl sites for hydroxylation is 1. The lowest BCUT2D eigenvalue weighted by atomic mass is 10.1. The summed E-state index contributed by atoms with van der Waals surface area (Å²) >= 11 is 1.14. The van der Waals surface area contributed by atoms with Crippen molar-refractivity contribution >= 4 is 34.1 Å². The molecule has 3 heterocycles. The van der Waals surface area contributed by atoms with E-state index in [-0.39, 0.29) is 37.0 Å². The van der Waals surface area contributed by atoms with E-state index in [2.05, 4.69) is 25.5 Å². The van der Waals surface area contributed by atoms with E-state index in [9.17, 15) is 18.4 Å². The smallest absolute Gasteiger partial charge is 0.263 e. The van der Waals surface area contributed by atoms with Gasteiger partial charge in [-0.3, -0.25) is 9.59 Å². The Balaban J connectivity index is 1.09. The third-order valence-electron chi connectivity index (χ3n) is 6.91. The lowest BCUT2D eigenvalue weighted by Crippen LogP contribution is -2.26. The Hall–Kier alpha value is -3.80. The number of halogens is 2. The third-order valence-corrected chi connectivity index (χ3v) is 7.98. The summed E-state index contributed by atoms with van der Waals surface area (Å²) in [6.07, 6.45) is 2.28. The monoisotopic (exact) mass is 571 g/mol. The van der Waals surface area contributed by atoms with Gasteiger partial charge in [0.15, 0.2) is 5.13 Å². The van der Waals surface area contributed by atoms with E-state index in [4.69, 9.17) is 9.47 Å². The summed E-state index contributed by atoms with van der Waals surface area (Å²) in [4.78, 5) is 35.3. The number of hydrogen-bond donors (Lipinski definition) is 2. The highest BCUT2D eigenvalue weighted by Gasteiger charge is 2.57. The summed E-state index contributed by atoms with van der Waals surface area (Å²) < 4.78 is 37.7. The molecule has 3 atom stereocenters. The van der Waals surface area contributed by atoms with Crippen molar-refractivity contribution < 1.29 is 27.8 Å². The molecule has 2 N–H and O–H groups in total. The van der Waals surface area contributed by atoms with Crippen molar-refractivity contribution in [1.82, 2.24) is 15.3 Å². The van der Waals surface area contributed by atoms with Gasteiger partial charge >= 0.3 is 0 Å². The highest BCUT2D eigenvalue weighted by Crippen LogP contribution is 2.48. The van der Waals surface area contributed by atoms with Crippen LogP contribution in [-0.4, -0.2) is 53.5 Å². The molecule has 3 aromatic rings. The molecule has 2 unspecified atom stereocenters. The van der Waals surface area contributed by atoms with Crippen molar-refractivity contribution in [1.29, 1.82) is 0 Å². The van der Waals surface area contributed by atoms with Crippen LogP contribution in [0.4, 0.5) is 19.7 Å². The Labute approximate surface area is 234 Å². The summed E-state index contributed by atoms with van der Waals surface area (Å²) in [5, 5.41) is 5.99. The average molecular weight is 572 g/mol. The zero-order valence-corrected chi connectivity index (χ0v) is 23.3. The standard InChI is InChI=1S/C28H31F2N5O4S/c1-16(32-26(37)25-17(2)33-27(40-25)34-18(3)36)19-4-6-21(7-5-19)39-23-10-11-35(14-23)24-9-8-22(13-31-24)38-15-20-12-28(20,29)30/h4-9,13,16,20,23H,10-12,14-15H2,1-3H3,(H,32,37)(H,33,34,36)/t16-,20?,23?/m0/s1. The maximum atomic E-state index is 13.0. The van der Waals surface area contributed by atoms with Gasteiger partial charge in [0.1, 0.15) is 28.3 Å². The first-order valence-electron chi connectivity index (χ1n) is 13.1. The van der Waals surface area contributed by atoms with Crippen molar-refractivity contribution in [3.63, 3.8) is 0 Å². The predicted molar refractivity (Wildman–Crippen MR) is 148 cm³/mol. The second kappa shape index (κ2) is 11.4. The largest absolute Gasteiger partial charge is 0.491 e. The molecule has 0 spiro atoms. The Morgan fingerprint density at radius 2 is 1.93 bits per heavy atom. The number of nitrogens with one attached hydrogen (secondary N) is 2. The fourth-order valence-electron chi connectivity index (χ4n) is 4.51. The molecule has 1 saturated heterocycles. The minimum Gasteiger partial charge on any atom is -0.491 e. The molecule has 12 heteroatoms. The van der Waals surface area contributed by atoms with E-state index in [0.717, 1.165) is 41.4 Å². The second-order valence-corrected chi connectivity index (χ2v) is 11.2. The van der Waals surface area contributed by atoms with E-state index >= 15 is 0 Å². The number of ether oxygens (including phenoxy) is 2. The van der Waals surface area contributed by atoms with Gasteiger partial charge in [0.2, 0.25) is 5.91 Å². The quantitative estimate of drug-likeness (QED) is 0.353. The highest BCUT2D eigenvalue weighted by atomic mass is 32.1. The normalized spacial score (nSPS) is 20.1. The van der Waals surface area contributed by atoms with E-state index in [0.29, 0.717) is 28.0 Å². The van der Waals surface area contributed by atoms with E-state index in [1.165, 1.54) is 6.92 Å². The number of anilines is 2. The summed E-state index contributed by atoms with van der Waals surface area (Å²) in [7, 11) is 0. The maximum Gasteiger partial charge on any atom is 0.263 e. The molecular formula is C28H31F2N5O4S. The number of benzene rings is 1. The molecule has 2 aliphatic rings. The number of amides is 2.